The first-order chi connectivity index (χ1) is 15.9. The fraction of sp³-hybridized carbons (Fsp3) is 0.480. The number of nitrogens with one attached hydrogen (secondary N) is 2. The van der Waals surface area contributed by atoms with Gasteiger partial charge >= 0.3 is 0 Å². The van der Waals surface area contributed by atoms with Crippen molar-refractivity contribution in [3.63, 3.8) is 0 Å². The molecule has 5 rings (SSSR count). The van der Waals surface area contributed by atoms with E-state index in [4.69, 9.17) is 14.8 Å². The Morgan fingerprint density at radius 1 is 1.24 bits per heavy atom. The van der Waals surface area contributed by atoms with E-state index in [1.807, 2.05) is 29.8 Å². The Bertz CT molecular complexity index is 1160. The first-order valence-corrected chi connectivity index (χ1v) is 11.8. The SMILES string of the molecule is Cc1nn(C2CCCCO2)c2nc(-c3ccc(O)cc3)cc(C(=O)NC3(C)CCNCC3)c12. The predicted molar refractivity (Wildman–Crippen MR) is 126 cm³/mol. The van der Waals surface area contributed by atoms with Crippen LogP contribution in [0, 0.1) is 6.92 Å². The zero-order chi connectivity index (χ0) is 23.0. The summed E-state index contributed by atoms with van der Waals surface area (Å²) in [6.45, 7) is 6.50. The number of nitrogens with zero attached hydrogens (tertiary/aromatic N) is 3. The van der Waals surface area contributed by atoms with Crippen molar-refractivity contribution in [3.8, 4) is 17.0 Å². The molecule has 8 nitrogen and oxygen atoms in total. The average molecular weight is 450 g/mol. The normalized spacial score (nSPS) is 20.6. The number of hydrogen-bond donors (Lipinski definition) is 3. The number of aryl methyl sites for hydroxylation is 1. The zero-order valence-electron chi connectivity index (χ0n) is 19.2. The summed E-state index contributed by atoms with van der Waals surface area (Å²) in [5.74, 6) is 0.0761. The predicted octanol–water partition coefficient (Wildman–Crippen LogP) is 3.68. The molecule has 0 saturated carbocycles. The fourth-order valence-electron chi connectivity index (χ4n) is 4.83. The number of ether oxygens (including phenoxy) is 1. The van der Waals surface area contributed by atoms with Crippen LogP contribution in [0.2, 0.25) is 0 Å². The molecule has 0 bridgehead atoms. The Balaban J connectivity index is 1.63. The summed E-state index contributed by atoms with van der Waals surface area (Å²) in [7, 11) is 0. The lowest BCUT2D eigenvalue weighted by atomic mass is 9.90. The summed E-state index contributed by atoms with van der Waals surface area (Å²) in [5, 5.41) is 21.9. The Hall–Kier alpha value is -2.97. The minimum absolute atomic E-state index is 0.112. The van der Waals surface area contributed by atoms with Crippen LogP contribution >= 0.6 is 0 Å². The van der Waals surface area contributed by atoms with E-state index in [-0.39, 0.29) is 23.4 Å². The third kappa shape index (κ3) is 4.32. The molecule has 2 fully saturated rings. The molecule has 1 atom stereocenters. The summed E-state index contributed by atoms with van der Waals surface area (Å²) in [4.78, 5) is 18.6. The number of hydrogen-bond acceptors (Lipinski definition) is 6. The number of aromatic nitrogens is 3. The van der Waals surface area contributed by atoms with Crippen molar-refractivity contribution >= 4 is 16.9 Å². The quantitative estimate of drug-likeness (QED) is 0.562. The van der Waals surface area contributed by atoms with Gasteiger partial charge in [-0.05, 0) is 89.4 Å². The van der Waals surface area contributed by atoms with E-state index >= 15 is 0 Å². The molecule has 2 aliphatic heterocycles. The third-order valence-electron chi connectivity index (χ3n) is 6.80. The smallest absolute Gasteiger partial charge is 0.252 e. The highest BCUT2D eigenvalue weighted by Gasteiger charge is 2.31. The van der Waals surface area contributed by atoms with Crippen LogP contribution in [0.15, 0.2) is 30.3 Å². The number of piperidine rings is 1. The van der Waals surface area contributed by atoms with E-state index in [0.717, 1.165) is 61.8 Å². The maximum atomic E-state index is 13.6. The number of aromatic hydroxyl groups is 1. The summed E-state index contributed by atoms with van der Waals surface area (Å²) in [6, 6.07) is 8.72. The van der Waals surface area contributed by atoms with Crippen LogP contribution in [0.5, 0.6) is 5.75 Å². The first-order valence-electron chi connectivity index (χ1n) is 11.8. The van der Waals surface area contributed by atoms with E-state index < -0.39 is 0 Å². The summed E-state index contributed by atoms with van der Waals surface area (Å²) in [5.41, 5.74) is 3.23. The molecule has 33 heavy (non-hydrogen) atoms. The Labute approximate surface area is 193 Å². The number of pyridine rings is 1. The van der Waals surface area contributed by atoms with Gasteiger partial charge in [0.05, 0.1) is 22.3 Å². The monoisotopic (exact) mass is 449 g/mol. The van der Waals surface area contributed by atoms with Crippen LogP contribution in [0.1, 0.15) is 61.3 Å². The topological polar surface area (TPSA) is 101 Å². The van der Waals surface area contributed by atoms with Gasteiger partial charge in [-0.25, -0.2) is 9.67 Å². The molecule has 1 unspecified atom stereocenters. The minimum atomic E-state index is -0.257. The lowest BCUT2D eigenvalue weighted by Crippen LogP contribution is -2.52. The van der Waals surface area contributed by atoms with Crippen molar-refractivity contribution in [2.75, 3.05) is 19.7 Å². The molecule has 0 spiro atoms. The largest absolute Gasteiger partial charge is 0.508 e. The van der Waals surface area contributed by atoms with Crippen molar-refractivity contribution in [2.24, 2.45) is 0 Å². The molecule has 0 aliphatic carbocycles. The van der Waals surface area contributed by atoms with Crippen LogP contribution < -0.4 is 10.6 Å². The van der Waals surface area contributed by atoms with Crippen molar-refractivity contribution < 1.29 is 14.6 Å². The molecule has 2 saturated heterocycles. The van der Waals surface area contributed by atoms with E-state index in [9.17, 15) is 9.90 Å². The Morgan fingerprint density at radius 2 is 2.00 bits per heavy atom. The van der Waals surface area contributed by atoms with Gasteiger partial charge in [-0.1, -0.05) is 0 Å². The van der Waals surface area contributed by atoms with Crippen LogP contribution in [0.25, 0.3) is 22.3 Å². The van der Waals surface area contributed by atoms with Crippen LogP contribution in [0.3, 0.4) is 0 Å². The van der Waals surface area contributed by atoms with Crippen LogP contribution in [-0.4, -0.2) is 51.0 Å². The summed E-state index contributed by atoms with van der Waals surface area (Å²) < 4.78 is 7.85. The molecule has 4 heterocycles. The fourth-order valence-corrected chi connectivity index (χ4v) is 4.83. The van der Waals surface area contributed by atoms with Gasteiger partial charge in [0.1, 0.15) is 5.75 Å². The molecular weight excluding hydrogens is 418 g/mol. The highest BCUT2D eigenvalue weighted by Crippen LogP contribution is 2.32. The van der Waals surface area contributed by atoms with Gasteiger partial charge in [0.2, 0.25) is 0 Å². The van der Waals surface area contributed by atoms with Crippen molar-refractivity contribution in [3.05, 3.63) is 41.6 Å². The molecule has 3 aromatic rings. The second-order valence-corrected chi connectivity index (χ2v) is 9.42. The highest BCUT2D eigenvalue weighted by molar-refractivity contribution is 6.07. The average Bonchev–Trinajstić information content (AvgIpc) is 3.16. The maximum Gasteiger partial charge on any atom is 0.252 e. The Morgan fingerprint density at radius 3 is 2.70 bits per heavy atom. The van der Waals surface area contributed by atoms with E-state index in [2.05, 4.69) is 17.6 Å². The minimum Gasteiger partial charge on any atom is -0.508 e. The van der Waals surface area contributed by atoms with Crippen molar-refractivity contribution in [1.29, 1.82) is 0 Å². The molecular formula is C25H31N5O3. The van der Waals surface area contributed by atoms with Crippen LogP contribution in [-0.2, 0) is 4.74 Å². The Kier molecular flexibility index (Phi) is 5.80. The van der Waals surface area contributed by atoms with Gasteiger partial charge in [0.15, 0.2) is 11.9 Å². The highest BCUT2D eigenvalue weighted by atomic mass is 16.5. The molecule has 2 aliphatic rings. The molecule has 1 aromatic carbocycles. The first kappa shape index (κ1) is 21.9. The summed E-state index contributed by atoms with van der Waals surface area (Å²) in [6.07, 6.45) is 4.56. The molecule has 3 N–H and O–H groups in total. The lowest BCUT2D eigenvalue weighted by Gasteiger charge is -2.35. The van der Waals surface area contributed by atoms with Gasteiger partial charge in [0, 0.05) is 17.7 Å². The summed E-state index contributed by atoms with van der Waals surface area (Å²) >= 11 is 0. The molecule has 2 aromatic heterocycles. The van der Waals surface area contributed by atoms with Gasteiger partial charge in [-0.15, -0.1) is 0 Å². The van der Waals surface area contributed by atoms with Crippen molar-refractivity contribution in [2.45, 2.75) is 57.7 Å². The molecule has 174 valence electrons. The number of benzene rings is 1. The van der Waals surface area contributed by atoms with E-state index in [0.29, 0.717) is 23.5 Å². The number of amides is 1. The molecule has 0 radical (unpaired) electrons. The zero-order valence-corrected chi connectivity index (χ0v) is 19.2. The second kappa shape index (κ2) is 8.76. The van der Waals surface area contributed by atoms with E-state index in [1.54, 1.807) is 12.1 Å². The van der Waals surface area contributed by atoms with Gasteiger partial charge < -0.3 is 20.5 Å². The van der Waals surface area contributed by atoms with Gasteiger partial charge in [-0.2, -0.15) is 5.10 Å². The maximum absolute atomic E-state index is 13.6. The number of rotatable bonds is 4. The van der Waals surface area contributed by atoms with Gasteiger partial charge in [0.25, 0.3) is 5.91 Å². The van der Waals surface area contributed by atoms with E-state index in [1.165, 1.54) is 0 Å². The molecule has 1 amide bonds. The standard InChI is InChI=1S/C25H31N5O3/c1-16-22-19(24(32)28-25(2)10-12-26-13-11-25)15-20(17-6-8-18(31)9-7-17)27-23(22)30(29-16)21-5-3-4-14-33-21/h6-9,15,21,26,31H,3-5,10-14H2,1-2H3,(H,28,32). The van der Waals surface area contributed by atoms with Gasteiger partial charge in [-0.3, -0.25) is 4.79 Å². The number of carbonyl (C=O) groups is 1. The second-order valence-electron chi connectivity index (χ2n) is 9.42. The number of carbonyl (C=O) groups excluding carboxylic acids is 1. The third-order valence-corrected chi connectivity index (χ3v) is 6.80. The number of fused-ring (bicyclic) bond motifs is 1. The van der Waals surface area contributed by atoms with Crippen molar-refractivity contribution in [1.82, 2.24) is 25.4 Å². The molecule has 8 heteroatoms. The lowest BCUT2D eigenvalue weighted by molar-refractivity contribution is -0.0371. The number of phenolic OH excluding ortho intramolecular Hbond substituents is 1. The number of phenols is 1. The van der Waals surface area contributed by atoms with Crippen LogP contribution in [0.4, 0.5) is 0 Å².